The topological polar surface area (TPSA) is 82.4 Å². The van der Waals surface area contributed by atoms with Gasteiger partial charge < -0.3 is 15.0 Å². The van der Waals surface area contributed by atoms with Gasteiger partial charge in [0.05, 0.1) is 12.1 Å². The maximum Gasteiger partial charge on any atom is 0.408 e. The zero-order chi connectivity index (χ0) is 20.0. The summed E-state index contributed by atoms with van der Waals surface area (Å²) in [6.45, 7) is 14.9. The molecule has 0 aromatic rings. The summed E-state index contributed by atoms with van der Waals surface area (Å²) in [5, 5.41) is 11.5. The number of carbonyl (C=O) groups excluding carboxylic acids is 2. The van der Waals surface area contributed by atoms with Crippen molar-refractivity contribution >= 4 is 12.0 Å². The molecule has 0 spiro atoms. The van der Waals surface area contributed by atoms with Gasteiger partial charge in [-0.15, -0.1) is 0 Å². The van der Waals surface area contributed by atoms with E-state index in [4.69, 9.17) is 10.00 Å². The van der Waals surface area contributed by atoms with E-state index in [0.717, 1.165) is 0 Å². The van der Waals surface area contributed by atoms with Crippen molar-refractivity contribution in [2.45, 2.75) is 73.1 Å². The molecule has 6 heteroatoms. The standard InChI is InChI=1S/C19H33N3O3/c1-13(2)14(11-10-12-20)22(9)16(23)15(18(3,4)5)21-17(24)25-19(6,7)8/h10-11,13-15H,1-9H3,(H,21,24)/t14-,15-/m1/s1. The van der Waals surface area contributed by atoms with Crippen molar-refractivity contribution in [3.8, 4) is 6.07 Å². The number of amides is 2. The lowest BCUT2D eigenvalue weighted by molar-refractivity contribution is -0.136. The second-order valence-corrected chi connectivity index (χ2v) is 8.62. The Bertz CT molecular complexity index is 534. The van der Waals surface area contributed by atoms with Crippen molar-refractivity contribution in [1.82, 2.24) is 10.2 Å². The van der Waals surface area contributed by atoms with Crippen molar-refractivity contribution < 1.29 is 14.3 Å². The number of hydrogen-bond acceptors (Lipinski definition) is 4. The van der Waals surface area contributed by atoms with E-state index in [1.807, 2.05) is 40.7 Å². The molecule has 1 N–H and O–H groups in total. The Morgan fingerprint density at radius 1 is 1.16 bits per heavy atom. The molecule has 0 unspecified atom stereocenters. The number of hydrogen-bond donors (Lipinski definition) is 1. The van der Waals surface area contributed by atoms with E-state index in [0.29, 0.717) is 0 Å². The van der Waals surface area contributed by atoms with Crippen LogP contribution >= 0.6 is 0 Å². The number of alkyl carbamates (subject to hydrolysis) is 1. The second-order valence-electron chi connectivity index (χ2n) is 8.62. The number of nitrogens with one attached hydrogen (secondary N) is 1. The molecule has 142 valence electrons. The number of likely N-dealkylation sites (N-methyl/N-ethyl adjacent to an activating group) is 1. The first-order chi connectivity index (χ1) is 11.2. The van der Waals surface area contributed by atoms with Gasteiger partial charge in [0.25, 0.3) is 0 Å². The van der Waals surface area contributed by atoms with Crippen LogP contribution in [0.3, 0.4) is 0 Å². The predicted octanol–water partition coefficient (Wildman–Crippen LogP) is 3.49. The first-order valence-electron chi connectivity index (χ1n) is 8.53. The summed E-state index contributed by atoms with van der Waals surface area (Å²) in [6.07, 6.45) is 2.46. The highest BCUT2D eigenvalue weighted by Crippen LogP contribution is 2.23. The lowest BCUT2D eigenvalue weighted by Gasteiger charge is -2.37. The molecule has 0 aliphatic carbocycles. The zero-order valence-electron chi connectivity index (χ0n) is 17.0. The number of ether oxygens (including phenoxy) is 1. The highest BCUT2D eigenvalue weighted by molar-refractivity contribution is 5.86. The first kappa shape index (κ1) is 23.0. The largest absolute Gasteiger partial charge is 0.444 e. The fourth-order valence-electron chi connectivity index (χ4n) is 2.36. The van der Waals surface area contributed by atoms with Crippen LogP contribution in [0.25, 0.3) is 0 Å². The monoisotopic (exact) mass is 351 g/mol. The number of carbonyl (C=O) groups is 2. The molecular weight excluding hydrogens is 318 g/mol. The summed E-state index contributed by atoms with van der Waals surface area (Å²) in [5.41, 5.74) is -1.14. The normalized spacial score (nSPS) is 14.8. The minimum Gasteiger partial charge on any atom is -0.444 e. The van der Waals surface area contributed by atoms with Gasteiger partial charge in [0.1, 0.15) is 11.6 Å². The van der Waals surface area contributed by atoms with Gasteiger partial charge in [0.2, 0.25) is 5.91 Å². The van der Waals surface area contributed by atoms with Gasteiger partial charge in [-0.25, -0.2) is 4.79 Å². The number of nitrogens with zero attached hydrogens (tertiary/aromatic N) is 2. The van der Waals surface area contributed by atoms with E-state index in [1.54, 1.807) is 38.8 Å². The van der Waals surface area contributed by atoms with E-state index in [-0.39, 0.29) is 17.9 Å². The smallest absolute Gasteiger partial charge is 0.408 e. The quantitative estimate of drug-likeness (QED) is 0.769. The third kappa shape index (κ3) is 8.06. The van der Waals surface area contributed by atoms with E-state index >= 15 is 0 Å². The highest BCUT2D eigenvalue weighted by Gasteiger charge is 2.37. The molecule has 2 amide bonds. The summed E-state index contributed by atoms with van der Waals surface area (Å²) in [6, 6.07) is 0.971. The minimum atomic E-state index is -0.746. The van der Waals surface area contributed by atoms with Crippen LogP contribution in [-0.4, -0.2) is 41.6 Å². The molecule has 0 heterocycles. The Labute approximate surface area is 152 Å². The van der Waals surface area contributed by atoms with Gasteiger partial charge in [-0.2, -0.15) is 5.26 Å². The van der Waals surface area contributed by atoms with Crippen LogP contribution < -0.4 is 5.32 Å². The average Bonchev–Trinajstić information content (AvgIpc) is 2.40. The van der Waals surface area contributed by atoms with Gasteiger partial charge >= 0.3 is 6.09 Å². The number of rotatable bonds is 5. The molecule has 2 atom stereocenters. The lowest BCUT2D eigenvalue weighted by Crippen LogP contribution is -2.56. The van der Waals surface area contributed by atoms with E-state index < -0.39 is 23.2 Å². The fourth-order valence-corrected chi connectivity index (χ4v) is 2.36. The van der Waals surface area contributed by atoms with Crippen molar-refractivity contribution in [2.75, 3.05) is 7.05 Å². The molecule has 6 nitrogen and oxygen atoms in total. The van der Waals surface area contributed by atoms with Crippen LogP contribution in [0.5, 0.6) is 0 Å². The molecule has 0 bridgehead atoms. The van der Waals surface area contributed by atoms with Crippen LogP contribution in [0, 0.1) is 22.7 Å². The second kappa shape index (κ2) is 8.89. The SMILES string of the molecule is CC(C)[C@@H](C=CC#N)N(C)C(=O)[C@@H](NC(=O)OC(C)(C)C)C(C)(C)C. The van der Waals surface area contributed by atoms with Crippen LogP contribution in [0.15, 0.2) is 12.2 Å². The van der Waals surface area contributed by atoms with Crippen LogP contribution in [0.4, 0.5) is 4.79 Å². The summed E-state index contributed by atoms with van der Waals surface area (Å²) in [4.78, 5) is 26.8. The Kier molecular flexibility index (Phi) is 8.17. The van der Waals surface area contributed by atoms with E-state index in [2.05, 4.69) is 5.32 Å². The third-order valence-corrected chi connectivity index (χ3v) is 3.62. The summed E-state index contributed by atoms with van der Waals surface area (Å²) < 4.78 is 5.29. The summed E-state index contributed by atoms with van der Waals surface area (Å²) >= 11 is 0. The van der Waals surface area contributed by atoms with Crippen molar-refractivity contribution in [2.24, 2.45) is 11.3 Å². The van der Waals surface area contributed by atoms with Gasteiger partial charge in [-0.1, -0.05) is 40.7 Å². The first-order valence-corrected chi connectivity index (χ1v) is 8.53. The van der Waals surface area contributed by atoms with Gasteiger partial charge in [0, 0.05) is 13.1 Å². The van der Waals surface area contributed by atoms with Crippen LogP contribution in [0.2, 0.25) is 0 Å². The summed E-state index contributed by atoms with van der Waals surface area (Å²) in [5.74, 6) is -0.0969. The molecule has 0 fully saturated rings. The molecule has 25 heavy (non-hydrogen) atoms. The van der Waals surface area contributed by atoms with Gasteiger partial charge in [-0.05, 0) is 32.1 Å². The maximum atomic E-state index is 13.0. The number of nitriles is 1. The minimum absolute atomic E-state index is 0.126. The zero-order valence-corrected chi connectivity index (χ0v) is 17.0. The van der Waals surface area contributed by atoms with Gasteiger partial charge in [0.15, 0.2) is 0 Å². The predicted molar refractivity (Wildman–Crippen MR) is 98.8 cm³/mol. The molecular formula is C19H33N3O3. The van der Waals surface area contributed by atoms with Gasteiger partial charge in [-0.3, -0.25) is 4.79 Å². The fraction of sp³-hybridized carbons (Fsp3) is 0.737. The molecule has 0 saturated carbocycles. The van der Waals surface area contributed by atoms with E-state index in [9.17, 15) is 9.59 Å². The highest BCUT2D eigenvalue weighted by atomic mass is 16.6. The molecule has 0 radical (unpaired) electrons. The average molecular weight is 351 g/mol. The molecule has 0 aromatic carbocycles. The van der Waals surface area contributed by atoms with E-state index in [1.165, 1.54) is 6.08 Å². The molecule has 0 rings (SSSR count). The van der Waals surface area contributed by atoms with Crippen LogP contribution in [0.1, 0.15) is 55.4 Å². The molecule has 0 aliphatic rings. The Morgan fingerprint density at radius 2 is 1.68 bits per heavy atom. The molecule has 0 aromatic heterocycles. The third-order valence-electron chi connectivity index (χ3n) is 3.62. The summed E-state index contributed by atoms with van der Waals surface area (Å²) in [7, 11) is 1.68. The molecule has 0 aliphatic heterocycles. The molecule has 0 saturated heterocycles. The Balaban J connectivity index is 5.47. The van der Waals surface area contributed by atoms with Crippen molar-refractivity contribution in [1.29, 1.82) is 5.26 Å². The van der Waals surface area contributed by atoms with Crippen molar-refractivity contribution in [3.05, 3.63) is 12.2 Å². The Hall–Kier alpha value is -2.03. The Morgan fingerprint density at radius 3 is 2.04 bits per heavy atom. The number of allylic oxidation sites excluding steroid dienone is 1. The lowest BCUT2D eigenvalue weighted by atomic mass is 9.85. The maximum absolute atomic E-state index is 13.0. The van der Waals surface area contributed by atoms with Crippen molar-refractivity contribution in [3.63, 3.8) is 0 Å². The van der Waals surface area contributed by atoms with Crippen LogP contribution in [-0.2, 0) is 9.53 Å².